The summed E-state index contributed by atoms with van der Waals surface area (Å²) in [5.41, 5.74) is 1.18. The molecule has 8 heteroatoms. The van der Waals surface area contributed by atoms with Crippen LogP contribution < -0.4 is 11.2 Å². The SMILES string of the molecule is Cn1c(=O)c2ccc(C3CCN(C(=O)Cc4ccccn4)C3)nc2n(C)c1=O. The van der Waals surface area contributed by atoms with E-state index >= 15 is 0 Å². The van der Waals surface area contributed by atoms with Crippen LogP contribution >= 0.6 is 0 Å². The predicted octanol–water partition coefficient (Wildman–Crippen LogP) is 0.586. The highest BCUT2D eigenvalue weighted by atomic mass is 16.2. The molecule has 1 unspecified atom stereocenters. The first-order valence-corrected chi connectivity index (χ1v) is 9.20. The molecule has 4 heterocycles. The molecule has 1 aliphatic heterocycles. The molecule has 144 valence electrons. The number of amides is 1. The molecule has 1 saturated heterocycles. The molecule has 1 amide bonds. The highest BCUT2D eigenvalue weighted by molar-refractivity contribution is 5.79. The summed E-state index contributed by atoms with van der Waals surface area (Å²) in [6, 6.07) is 9.09. The number of aromatic nitrogens is 4. The minimum Gasteiger partial charge on any atom is -0.342 e. The molecule has 1 atom stereocenters. The van der Waals surface area contributed by atoms with Crippen LogP contribution in [-0.2, 0) is 25.3 Å². The summed E-state index contributed by atoms with van der Waals surface area (Å²) in [4.78, 5) is 47.7. The van der Waals surface area contributed by atoms with E-state index in [-0.39, 0.29) is 23.8 Å². The topological polar surface area (TPSA) is 90.1 Å². The van der Waals surface area contributed by atoms with Crippen molar-refractivity contribution in [2.24, 2.45) is 14.1 Å². The molecule has 1 fully saturated rings. The molecule has 0 aliphatic carbocycles. The first-order chi connectivity index (χ1) is 13.5. The summed E-state index contributed by atoms with van der Waals surface area (Å²) >= 11 is 0. The van der Waals surface area contributed by atoms with E-state index in [1.54, 1.807) is 19.3 Å². The summed E-state index contributed by atoms with van der Waals surface area (Å²) in [5, 5.41) is 0.412. The van der Waals surface area contributed by atoms with Crippen molar-refractivity contribution in [2.45, 2.75) is 18.8 Å². The Morgan fingerprint density at radius 2 is 1.96 bits per heavy atom. The zero-order chi connectivity index (χ0) is 19.8. The second-order valence-electron chi connectivity index (χ2n) is 7.14. The molecular formula is C20H21N5O3. The van der Waals surface area contributed by atoms with Gasteiger partial charge >= 0.3 is 5.69 Å². The van der Waals surface area contributed by atoms with Gasteiger partial charge in [0.2, 0.25) is 5.91 Å². The van der Waals surface area contributed by atoms with E-state index in [1.165, 1.54) is 11.6 Å². The molecule has 0 spiro atoms. The minimum atomic E-state index is -0.402. The average molecular weight is 379 g/mol. The van der Waals surface area contributed by atoms with E-state index in [9.17, 15) is 14.4 Å². The maximum absolute atomic E-state index is 12.6. The van der Waals surface area contributed by atoms with Crippen molar-refractivity contribution >= 4 is 16.9 Å². The lowest BCUT2D eigenvalue weighted by Crippen LogP contribution is -2.37. The van der Waals surface area contributed by atoms with Gasteiger partial charge in [0.05, 0.1) is 11.8 Å². The van der Waals surface area contributed by atoms with Crippen LogP contribution in [0, 0.1) is 0 Å². The number of rotatable bonds is 3. The largest absolute Gasteiger partial charge is 0.342 e. The maximum atomic E-state index is 12.6. The fourth-order valence-electron chi connectivity index (χ4n) is 3.69. The number of carbonyl (C=O) groups excluding carboxylic acids is 1. The molecule has 0 radical (unpaired) electrons. The van der Waals surface area contributed by atoms with E-state index in [4.69, 9.17) is 0 Å². The maximum Gasteiger partial charge on any atom is 0.332 e. The van der Waals surface area contributed by atoms with Gasteiger partial charge in [0.1, 0.15) is 5.65 Å². The molecule has 3 aromatic heterocycles. The van der Waals surface area contributed by atoms with Gasteiger partial charge in [-0.1, -0.05) is 6.07 Å². The van der Waals surface area contributed by atoms with Gasteiger partial charge in [-0.25, -0.2) is 9.78 Å². The molecule has 28 heavy (non-hydrogen) atoms. The quantitative estimate of drug-likeness (QED) is 0.664. The molecule has 0 saturated carbocycles. The van der Waals surface area contributed by atoms with E-state index in [0.717, 1.165) is 22.4 Å². The third-order valence-electron chi connectivity index (χ3n) is 5.34. The van der Waals surface area contributed by atoms with Crippen LogP contribution in [0.1, 0.15) is 23.7 Å². The fraction of sp³-hybridized carbons (Fsp3) is 0.350. The monoisotopic (exact) mass is 379 g/mol. The number of nitrogens with zero attached hydrogens (tertiary/aromatic N) is 5. The van der Waals surface area contributed by atoms with Crippen molar-refractivity contribution in [3.05, 3.63) is 68.8 Å². The smallest absolute Gasteiger partial charge is 0.332 e. The summed E-state index contributed by atoms with van der Waals surface area (Å²) in [5.74, 6) is 0.125. The van der Waals surface area contributed by atoms with Gasteiger partial charge in [0.25, 0.3) is 5.56 Å². The van der Waals surface area contributed by atoms with Crippen molar-refractivity contribution in [3.8, 4) is 0 Å². The van der Waals surface area contributed by atoms with Crippen LogP contribution in [0.2, 0.25) is 0 Å². The number of hydrogen-bond donors (Lipinski definition) is 0. The predicted molar refractivity (Wildman–Crippen MR) is 104 cm³/mol. The van der Waals surface area contributed by atoms with Crippen LogP contribution in [0.15, 0.2) is 46.1 Å². The summed E-state index contributed by atoms with van der Waals surface area (Å²) in [6.45, 7) is 1.23. The van der Waals surface area contributed by atoms with Crippen LogP contribution in [0.5, 0.6) is 0 Å². The second kappa shape index (κ2) is 7.03. The summed E-state index contributed by atoms with van der Waals surface area (Å²) < 4.78 is 2.47. The Balaban J connectivity index is 1.57. The van der Waals surface area contributed by atoms with Crippen molar-refractivity contribution < 1.29 is 4.79 Å². The third kappa shape index (κ3) is 3.11. The third-order valence-corrected chi connectivity index (χ3v) is 5.34. The number of pyridine rings is 2. The van der Waals surface area contributed by atoms with E-state index in [2.05, 4.69) is 9.97 Å². The Morgan fingerprint density at radius 1 is 1.14 bits per heavy atom. The Hall–Kier alpha value is -3.29. The lowest BCUT2D eigenvalue weighted by atomic mass is 10.0. The number of aryl methyl sites for hydroxylation is 1. The van der Waals surface area contributed by atoms with Crippen molar-refractivity contribution in [1.29, 1.82) is 0 Å². The van der Waals surface area contributed by atoms with Crippen molar-refractivity contribution in [3.63, 3.8) is 0 Å². The standard InChI is InChI=1S/C20H21N5O3/c1-23-18-15(19(27)24(2)20(23)28)6-7-16(22-18)13-8-10-25(12-13)17(26)11-14-5-3-4-9-21-14/h3-7,9,13H,8,10-12H2,1-2H3. The number of carbonyl (C=O) groups is 1. The average Bonchev–Trinajstić information content (AvgIpc) is 3.21. The van der Waals surface area contributed by atoms with Gasteiger partial charge in [-0.15, -0.1) is 0 Å². The Labute approximate surface area is 161 Å². The molecule has 0 N–H and O–H groups in total. The Bertz CT molecular complexity index is 1170. The molecular weight excluding hydrogens is 358 g/mol. The van der Waals surface area contributed by atoms with Crippen LogP contribution in [0.3, 0.4) is 0 Å². The zero-order valence-corrected chi connectivity index (χ0v) is 15.8. The molecule has 0 bridgehead atoms. The van der Waals surface area contributed by atoms with Gasteiger partial charge in [-0.3, -0.25) is 23.7 Å². The van der Waals surface area contributed by atoms with Crippen molar-refractivity contribution in [2.75, 3.05) is 13.1 Å². The molecule has 3 aromatic rings. The first-order valence-electron chi connectivity index (χ1n) is 9.20. The normalized spacial score (nSPS) is 16.6. The zero-order valence-electron chi connectivity index (χ0n) is 15.8. The highest BCUT2D eigenvalue weighted by Crippen LogP contribution is 2.27. The van der Waals surface area contributed by atoms with Crippen LogP contribution in [-0.4, -0.2) is 43.0 Å². The molecule has 4 rings (SSSR count). The highest BCUT2D eigenvalue weighted by Gasteiger charge is 2.28. The minimum absolute atomic E-state index is 0.0447. The Kier molecular flexibility index (Phi) is 4.54. The molecule has 8 nitrogen and oxygen atoms in total. The van der Waals surface area contributed by atoms with Crippen LogP contribution in [0.4, 0.5) is 0 Å². The summed E-state index contributed by atoms with van der Waals surface area (Å²) in [6.07, 6.45) is 2.76. The van der Waals surface area contributed by atoms with Gasteiger partial charge < -0.3 is 4.90 Å². The Morgan fingerprint density at radius 3 is 2.71 bits per heavy atom. The summed E-state index contributed by atoms with van der Waals surface area (Å²) in [7, 11) is 3.07. The van der Waals surface area contributed by atoms with Gasteiger partial charge in [-0.05, 0) is 30.7 Å². The second-order valence-corrected chi connectivity index (χ2v) is 7.14. The molecule has 0 aromatic carbocycles. The van der Waals surface area contributed by atoms with E-state index in [1.807, 2.05) is 29.2 Å². The van der Waals surface area contributed by atoms with Gasteiger partial charge in [-0.2, -0.15) is 0 Å². The number of likely N-dealkylation sites (tertiary alicyclic amines) is 1. The number of hydrogen-bond acceptors (Lipinski definition) is 5. The van der Waals surface area contributed by atoms with Gasteiger partial charge in [0, 0.05) is 50.7 Å². The fourth-order valence-corrected chi connectivity index (χ4v) is 3.69. The molecule has 1 aliphatic rings. The number of fused-ring (bicyclic) bond motifs is 1. The lowest BCUT2D eigenvalue weighted by molar-refractivity contribution is -0.129. The van der Waals surface area contributed by atoms with Gasteiger partial charge in [0.15, 0.2) is 0 Å². The van der Waals surface area contributed by atoms with E-state index in [0.29, 0.717) is 24.1 Å². The van der Waals surface area contributed by atoms with Crippen molar-refractivity contribution in [1.82, 2.24) is 24.0 Å². The van der Waals surface area contributed by atoms with Crippen LogP contribution in [0.25, 0.3) is 11.0 Å². The lowest BCUT2D eigenvalue weighted by Gasteiger charge is -2.16. The first kappa shape index (κ1) is 18.1. The van der Waals surface area contributed by atoms with E-state index < -0.39 is 5.69 Å².